The third-order valence-corrected chi connectivity index (χ3v) is 10.9. The van der Waals surface area contributed by atoms with E-state index in [-0.39, 0.29) is 18.3 Å². The Hall–Kier alpha value is 0.0800. The summed E-state index contributed by atoms with van der Waals surface area (Å²) in [5.41, 5.74) is 0. The first-order chi connectivity index (χ1) is 11.3. The fourth-order valence-electron chi connectivity index (χ4n) is 1.88. The molecular formula is C14H23F2I2N3O3. The zero-order valence-corrected chi connectivity index (χ0v) is 17.8. The van der Waals surface area contributed by atoms with Gasteiger partial charge in [0.1, 0.15) is 0 Å². The Kier molecular flexibility index (Phi) is 10.1. The summed E-state index contributed by atoms with van der Waals surface area (Å²) in [4.78, 5) is 10.7. The first-order valence-electron chi connectivity index (χ1n) is 7.39. The molecule has 0 unspecified atom stereocenters. The van der Waals surface area contributed by atoms with Gasteiger partial charge in [-0.2, -0.15) is 0 Å². The van der Waals surface area contributed by atoms with Crippen molar-refractivity contribution in [3.05, 3.63) is 10.2 Å². The minimum absolute atomic E-state index is 0.000307. The maximum atomic E-state index is 14.1. The number of ether oxygens (including phenoxy) is 1. The van der Waals surface area contributed by atoms with Crippen LogP contribution in [0.1, 0.15) is 20.3 Å². The average molecular weight is 573 g/mol. The summed E-state index contributed by atoms with van der Waals surface area (Å²) < 4.78 is 34.8. The van der Waals surface area contributed by atoms with Crippen molar-refractivity contribution in [2.45, 2.75) is 42.5 Å². The predicted octanol–water partition coefficient (Wildman–Crippen LogP) is -5.53. The van der Waals surface area contributed by atoms with Crippen LogP contribution in [-0.2, 0) is 9.53 Å². The molecule has 1 aliphatic heterocycles. The molecule has 0 spiro atoms. The molecule has 24 heavy (non-hydrogen) atoms. The molecule has 0 bridgehead atoms. The van der Waals surface area contributed by atoms with E-state index in [4.69, 9.17) is 10.1 Å². The fourth-order valence-corrected chi connectivity index (χ4v) is 9.33. The van der Waals surface area contributed by atoms with E-state index in [2.05, 4.69) is 10.6 Å². The van der Waals surface area contributed by atoms with Crippen LogP contribution < -0.4 is 53.0 Å². The molecule has 1 fully saturated rings. The van der Waals surface area contributed by atoms with Crippen LogP contribution in [0.25, 0.3) is 0 Å². The van der Waals surface area contributed by atoms with Gasteiger partial charge in [-0.15, -0.1) is 0 Å². The molecule has 0 radical (unpaired) electrons. The fraction of sp³-hybridized carbons (Fsp3) is 0.714. The second-order valence-electron chi connectivity index (χ2n) is 5.11. The van der Waals surface area contributed by atoms with E-state index in [1.54, 1.807) is 4.08 Å². The Morgan fingerprint density at radius 3 is 2.88 bits per heavy atom. The quantitative estimate of drug-likeness (QED) is 0.0729. The number of amidine groups is 1. The summed E-state index contributed by atoms with van der Waals surface area (Å²) in [6.45, 7) is 4.23. The number of aliphatic hydroxyl groups is 1. The first kappa shape index (κ1) is 22.1. The van der Waals surface area contributed by atoms with Crippen molar-refractivity contribution < 1.29 is 65.8 Å². The SMILES string of the molecule is CCCNC[C@H]1O[C@@H]([I+]C[I-]/C=C\C(=N)NC(C)=O)C(F)(F)[C@@H]1O. The van der Waals surface area contributed by atoms with Gasteiger partial charge in [-0.3, -0.25) is 0 Å². The molecule has 1 rings (SSSR count). The maximum absolute atomic E-state index is 14.1. The monoisotopic (exact) mass is 573 g/mol. The predicted molar refractivity (Wildman–Crippen MR) is 78.3 cm³/mol. The molecule has 1 amide bonds. The number of rotatable bonds is 9. The van der Waals surface area contributed by atoms with Crippen molar-refractivity contribution in [2.75, 3.05) is 15.5 Å². The van der Waals surface area contributed by atoms with Crippen LogP contribution in [-0.4, -0.2) is 54.6 Å². The van der Waals surface area contributed by atoms with E-state index in [9.17, 15) is 18.7 Å². The van der Waals surface area contributed by atoms with Gasteiger partial charge in [0.05, 0.1) is 0 Å². The number of amides is 1. The van der Waals surface area contributed by atoms with Crippen LogP contribution in [0, 0.1) is 5.41 Å². The summed E-state index contributed by atoms with van der Waals surface area (Å²) >= 11 is -1.39. The molecule has 0 aromatic rings. The molecule has 140 valence electrons. The van der Waals surface area contributed by atoms with Crippen LogP contribution in [0.5, 0.6) is 0 Å². The van der Waals surface area contributed by atoms with Gasteiger partial charge in [-0.25, -0.2) is 0 Å². The number of hydrogen-bond acceptors (Lipinski definition) is 5. The van der Waals surface area contributed by atoms with E-state index in [0.717, 1.165) is 6.42 Å². The van der Waals surface area contributed by atoms with E-state index in [1.165, 1.54) is 13.0 Å². The molecule has 6 nitrogen and oxygen atoms in total. The van der Waals surface area contributed by atoms with Gasteiger partial charge in [-0.1, -0.05) is 0 Å². The Balaban J connectivity index is 2.37. The van der Waals surface area contributed by atoms with Gasteiger partial charge in [0.25, 0.3) is 0 Å². The van der Waals surface area contributed by atoms with E-state index in [0.29, 0.717) is 8.98 Å². The molecule has 0 aromatic carbocycles. The van der Waals surface area contributed by atoms with Gasteiger partial charge in [-0.05, 0) is 0 Å². The Morgan fingerprint density at radius 1 is 1.54 bits per heavy atom. The standard InChI is InChI=1S/C14H23F2I2N3O3/c1-3-6-20-7-10-12(23)14(15,16)13(24-10)18-8-17-5-4-11(19)21-9(2)22/h4-5,10,12-13,20,23H,3,6-8H2,1-2H3,(H2,19,21,22)/b5-4-/t10-,12-,13-/m1/s1. The first-order valence-corrected chi connectivity index (χ1v) is 12.9. The number of aliphatic hydroxyl groups excluding tert-OH is 1. The van der Waals surface area contributed by atoms with Gasteiger partial charge < -0.3 is 0 Å². The molecule has 0 aliphatic carbocycles. The number of nitrogens with one attached hydrogen (secondary N) is 3. The number of carbonyl (C=O) groups is 1. The van der Waals surface area contributed by atoms with Crippen LogP contribution in [0.15, 0.2) is 10.2 Å². The van der Waals surface area contributed by atoms with Crippen molar-refractivity contribution in [2.24, 2.45) is 0 Å². The summed E-state index contributed by atoms with van der Waals surface area (Å²) in [6, 6.07) is 0. The van der Waals surface area contributed by atoms with Crippen LogP contribution in [0.4, 0.5) is 8.78 Å². The van der Waals surface area contributed by atoms with Gasteiger partial charge >= 0.3 is 162 Å². The van der Waals surface area contributed by atoms with Crippen molar-refractivity contribution in [1.29, 1.82) is 5.41 Å². The number of carbonyl (C=O) groups excluding carboxylic acids is 1. The molecule has 1 heterocycles. The molecule has 0 aromatic heterocycles. The number of hydrogen-bond donors (Lipinski definition) is 4. The Labute approximate surface area is 161 Å². The van der Waals surface area contributed by atoms with E-state index < -0.39 is 64.7 Å². The van der Waals surface area contributed by atoms with Crippen LogP contribution in [0.2, 0.25) is 0 Å². The topological polar surface area (TPSA) is 94.4 Å². The second kappa shape index (κ2) is 10.9. The van der Waals surface area contributed by atoms with Crippen molar-refractivity contribution in [3.8, 4) is 0 Å². The van der Waals surface area contributed by atoms with Gasteiger partial charge in [0.15, 0.2) is 0 Å². The van der Waals surface area contributed by atoms with Gasteiger partial charge in [0, 0.05) is 0 Å². The van der Waals surface area contributed by atoms with Crippen LogP contribution >= 0.6 is 0 Å². The van der Waals surface area contributed by atoms with E-state index >= 15 is 0 Å². The summed E-state index contributed by atoms with van der Waals surface area (Å²) in [5.74, 6) is -3.51. The zero-order chi connectivity index (χ0) is 18.2. The third kappa shape index (κ3) is 7.14. The normalized spacial score (nSPS) is 26.1. The minimum atomic E-state index is -3.19. The molecular weight excluding hydrogens is 550 g/mol. The average Bonchev–Trinajstić information content (AvgIpc) is 2.70. The van der Waals surface area contributed by atoms with Crippen molar-refractivity contribution >= 4 is 11.7 Å². The Morgan fingerprint density at radius 2 is 2.25 bits per heavy atom. The molecule has 4 N–H and O–H groups in total. The summed E-state index contributed by atoms with van der Waals surface area (Å²) in [6.07, 6.45) is -0.246. The Bertz CT molecular complexity index is 467. The van der Waals surface area contributed by atoms with Crippen molar-refractivity contribution in [3.63, 3.8) is 0 Å². The molecule has 10 heteroatoms. The zero-order valence-electron chi connectivity index (χ0n) is 13.5. The van der Waals surface area contributed by atoms with Crippen molar-refractivity contribution in [1.82, 2.24) is 10.6 Å². The molecule has 1 aliphatic rings. The number of alkyl halides is 5. The molecule has 1 saturated heterocycles. The molecule has 0 saturated carbocycles. The third-order valence-electron chi connectivity index (χ3n) is 3.00. The van der Waals surface area contributed by atoms with Gasteiger partial charge in [0.2, 0.25) is 0 Å². The number of halogens is 4. The molecule has 3 atom stereocenters. The summed E-state index contributed by atoms with van der Waals surface area (Å²) in [5, 5.41) is 22.5. The van der Waals surface area contributed by atoms with Crippen LogP contribution in [0.3, 0.4) is 0 Å². The summed E-state index contributed by atoms with van der Waals surface area (Å²) in [7, 11) is 0. The second-order valence-corrected chi connectivity index (χ2v) is 13.2. The van der Waals surface area contributed by atoms with E-state index in [1.807, 2.05) is 6.92 Å².